The predicted molar refractivity (Wildman–Crippen MR) is 95.0 cm³/mol. The number of carbonyl (C=O) groups is 2. The number of hydrogen-bond acceptors (Lipinski definition) is 6. The Morgan fingerprint density at radius 1 is 1.32 bits per heavy atom. The van der Waals surface area contributed by atoms with Crippen LogP contribution in [0.15, 0.2) is 40.6 Å². The van der Waals surface area contributed by atoms with E-state index in [4.69, 9.17) is 4.74 Å². The second-order valence-corrected chi connectivity index (χ2v) is 6.02. The Hall–Kier alpha value is -3.00. The van der Waals surface area contributed by atoms with Gasteiger partial charge in [0, 0.05) is 22.5 Å². The number of nitrogens with zero attached hydrogens (tertiary/aromatic N) is 1. The van der Waals surface area contributed by atoms with Crippen molar-refractivity contribution in [2.75, 3.05) is 11.9 Å². The Labute approximate surface area is 146 Å². The van der Waals surface area contributed by atoms with Gasteiger partial charge >= 0.3 is 5.97 Å². The molecule has 0 bridgehead atoms. The van der Waals surface area contributed by atoms with Gasteiger partial charge in [0.15, 0.2) is 5.13 Å². The summed E-state index contributed by atoms with van der Waals surface area (Å²) >= 11 is 1.18. The van der Waals surface area contributed by atoms with Crippen LogP contribution in [-0.2, 0) is 16.0 Å². The van der Waals surface area contributed by atoms with E-state index >= 15 is 0 Å². The van der Waals surface area contributed by atoms with Gasteiger partial charge in [0.1, 0.15) is 5.56 Å². The van der Waals surface area contributed by atoms with Crippen molar-refractivity contribution < 1.29 is 14.3 Å². The highest BCUT2D eigenvalue weighted by Crippen LogP contribution is 2.17. The Kier molecular flexibility index (Phi) is 4.90. The lowest BCUT2D eigenvalue weighted by Crippen LogP contribution is -2.21. The molecule has 2 N–H and O–H groups in total. The third kappa shape index (κ3) is 3.74. The van der Waals surface area contributed by atoms with Crippen LogP contribution in [0.1, 0.15) is 23.0 Å². The Morgan fingerprint density at radius 2 is 2.12 bits per heavy atom. The lowest BCUT2D eigenvalue weighted by molar-refractivity contribution is -0.142. The highest BCUT2D eigenvalue weighted by Gasteiger charge is 2.15. The summed E-state index contributed by atoms with van der Waals surface area (Å²) in [4.78, 5) is 43.3. The molecule has 1 aromatic carbocycles. The summed E-state index contributed by atoms with van der Waals surface area (Å²) in [6, 6.07) is 6.97. The van der Waals surface area contributed by atoms with Crippen molar-refractivity contribution in [3.05, 3.63) is 57.3 Å². The molecule has 128 valence electrons. The fourth-order valence-electron chi connectivity index (χ4n) is 2.31. The number of aromatic amines is 1. The number of benzene rings is 1. The molecule has 0 saturated heterocycles. The maximum absolute atomic E-state index is 12.4. The molecule has 0 saturated carbocycles. The lowest BCUT2D eigenvalue weighted by Gasteiger charge is -2.03. The first kappa shape index (κ1) is 16.8. The van der Waals surface area contributed by atoms with E-state index < -0.39 is 5.91 Å². The van der Waals surface area contributed by atoms with Crippen molar-refractivity contribution in [2.45, 2.75) is 13.3 Å². The van der Waals surface area contributed by atoms with Crippen molar-refractivity contribution >= 4 is 39.2 Å². The summed E-state index contributed by atoms with van der Waals surface area (Å²) < 4.78 is 4.85. The highest BCUT2D eigenvalue weighted by molar-refractivity contribution is 7.14. The predicted octanol–water partition coefficient (Wildman–Crippen LogP) is 2.34. The van der Waals surface area contributed by atoms with E-state index in [0.717, 1.165) is 0 Å². The van der Waals surface area contributed by atoms with Crippen molar-refractivity contribution in [3.8, 4) is 0 Å². The van der Waals surface area contributed by atoms with Crippen LogP contribution in [0.4, 0.5) is 5.13 Å². The average molecular weight is 357 g/mol. The average Bonchev–Trinajstić information content (AvgIpc) is 3.02. The van der Waals surface area contributed by atoms with Gasteiger partial charge in [-0.3, -0.25) is 19.7 Å². The number of thiazole rings is 1. The second-order valence-electron chi connectivity index (χ2n) is 5.16. The zero-order valence-corrected chi connectivity index (χ0v) is 14.2. The molecule has 0 aliphatic rings. The molecule has 25 heavy (non-hydrogen) atoms. The van der Waals surface area contributed by atoms with Gasteiger partial charge in [0.05, 0.1) is 18.7 Å². The van der Waals surface area contributed by atoms with Gasteiger partial charge in [-0.2, -0.15) is 0 Å². The Balaban J connectivity index is 1.77. The van der Waals surface area contributed by atoms with Crippen LogP contribution in [0.25, 0.3) is 10.9 Å². The normalized spacial score (nSPS) is 10.6. The molecular formula is C17H15N3O4S. The summed E-state index contributed by atoms with van der Waals surface area (Å²) in [7, 11) is 0. The quantitative estimate of drug-likeness (QED) is 0.683. The molecule has 7 nitrogen and oxygen atoms in total. The number of para-hydroxylation sites is 1. The van der Waals surface area contributed by atoms with E-state index in [-0.39, 0.29) is 23.4 Å². The van der Waals surface area contributed by atoms with E-state index in [1.54, 1.807) is 36.6 Å². The molecule has 2 heterocycles. The van der Waals surface area contributed by atoms with Crippen LogP contribution in [0.5, 0.6) is 0 Å². The number of anilines is 1. The minimum Gasteiger partial charge on any atom is -0.466 e. The highest BCUT2D eigenvalue weighted by atomic mass is 32.1. The van der Waals surface area contributed by atoms with Crippen molar-refractivity contribution in [1.29, 1.82) is 0 Å². The Morgan fingerprint density at radius 3 is 2.92 bits per heavy atom. The van der Waals surface area contributed by atoms with Gasteiger partial charge in [-0.05, 0) is 19.1 Å². The molecule has 0 fully saturated rings. The van der Waals surface area contributed by atoms with Crippen LogP contribution < -0.4 is 10.7 Å². The first-order chi connectivity index (χ1) is 12.1. The summed E-state index contributed by atoms with van der Waals surface area (Å²) in [5, 5.41) is 5.01. The first-order valence-electron chi connectivity index (χ1n) is 7.60. The number of nitrogens with one attached hydrogen (secondary N) is 2. The summed E-state index contributed by atoms with van der Waals surface area (Å²) in [6.07, 6.45) is 1.42. The molecular weight excluding hydrogens is 342 g/mol. The zero-order valence-electron chi connectivity index (χ0n) is 13.4. The number of H-pyrrole nitrogens is 1. The van der Waals surface area contributed by atoms with Crippen LogP contribution >= 0.6 is 11.3 Å². The summed E-state index contributed by atoms with van der Waals surface area (Å²) in [6.45, 7) is 2.03. The van der Waals surface area contributed by atoms with Gasteiger partial charge in [-0.15, -0.1) is 11.3 Å². The molecule has 0 atom stereocenters. The van der Waals surface area contributed by atoms with E-state index in [9.17, 15) is 14.4 Å². The molecule has 0 radical (unpaired) electrons. The number of ether oxygens (including phenoxy) is 1. The minimum absolute atomic E-state index is 0.000780. The van der Waals surface area contributed by atoms with E-state index in [1.165, 1.54) is 17.5 Å². The van der Waals surface area contributed by atoms with Crippen molar-refractivity contribution in [1.82, 2.24) is 9.97 Å². The molecule has 2 aromatic heterocycles. The van der Waals surface area contributed by atoms with Crippen LogP contribution in [-0.4, -0.2) is 28.5 Å². The van der Waals surface area contributed by atoms with Crippen molar-refractivity contribution in [2.24, 2.45) is 0 Å². The number of aromatic nitrogens is 2. The Bertz CT molecular complexity index is 993. The number of carbonyl (C=O) groups excluding carboxylic acids is 2. The van der Waals surface area contributed by atoms with Gasteiger partial charge in [0.25, 0.3) is 5.91 Å². The number of esters is 1. The van der Waals surface area contributed by atoms with E-state index in [2.05, 4.69) is 15.3 Å². The van der Waals surface area contributed by atoms with Crippen molar-refractivity contribution in [3.63, 3.8) is 0 Å². The molecule has 3 rings (SSSR count). The van der Waals surface area contributed by atoms with Gasteiger partial charge in [0.2, 0.25) is 5.43 Å². The third-order valence-corrected chi connectivity index (χ3v) is 4.24. The monoisotopic (exact) mass is 357 g/mol. The van der Waals surface area contributed by atoms with Gasteiger partial charge in [-0.25, -0.2) is 4.98 Å². The molecule has 8 heteroatoms. The minimum atomic E-state index is -0.552. The fraction of sp³-hybridized carbons (Fsp3) is 0.176. The smallest absolute Gasteiger partial charge is 0.311 e. The topological polar surface area (TPSA) is 101 Å². The third-order valence-electron chi connectivity index (χ3n) is 3.44. The molecule has 0 unspecified atom stereocenters. The van der Waals surface area contributed by atoms with Crippen LogP contribution in [0.3, 0.4) is 0 Å². The fourth-order valence-corrected chi connectivity index (χ4v) is 3.01. The standard InChI is InChI=1S/C17H15N3O4S/c1-2-24-14(21)7-10-9-25-17(19-10)20-16(23)12-8-18-13-6-4-3-5-11(13)15(12)22/h3-6,8-9H,2,7H2,1H3,(H,18,22)(H,19,20,23). The van der Waals surface area contributed by atoms with Gasteiger partial charge < -0.3 is 9.72 Å². The largest absolute Gasteiger partial charge is 0.466 e. The maximum Gasteiger partial charge on any atom is 0.311 e. The number of rotatable bonds is 5. The number of pyridine rings is 1. The van der Waals surface area contributed by atoms with Gasteiger partial charge in [-0.1, -0.05) is 12.1 Å². The summed E-state index contributed by atoms with van der Waals surface area (Å²) in [5.41, 5.74) is 0.817. The van der Waals surface area contributed by atoms with Crippen LogP contribution in [0.2, 0.25) is 0 Å². The second kappa shape index (κ2) is 7.27. The number of hydrogen-bond donors (Lipinski definition) is 2. The molecule has 1 amide bonds. The molecule has 0 aliphatic carbocycles. The number of fused-ring (bicyclic) bond motifs is 1. The first-order valence-corrected chi connectivity index (χ1v) is 8.48. The number of amides is 1. The lowest BCUT2D eigenvalue weighted by atomic mass is 10.1. The maximum atomic E-state index is 12.4. The van der Waals surface area contributed by atoms with E-state index in [1.807, 2.05) is 0 Å². The zero-order chi connectivity index (χ0) is 17.8. The summed E-state index contributed by atoms with van der Waals surface area (Å²) in [5.74, 6) is -0.930. The molecule has 3 aromatic rings. The van der Waals surface area contributed by atoms with E-state index in [0.29, 0.717) is 28.3 Å². The molecule has 0 spiro atoms. The van der Waals surface area contributed by atoms with Crippen LogP contribution in [0, 0.1) is 0 Å². The molecule has 0 aliphatic heterocycles. The SMILES string of the molecule is CCOC(=O)Cc1csc(NC(=O)c2c[nH]c3ccccc3c2=O)n1.